The molecular weight excluding hydrogens is 356 g/mol. The molecule has 0 saturated heterocycles. The van der Waals surface area contributed by atoms with Crippen molar-refractivity contribution in [2.24, 2.45) is 5.16 Å². The third-order valence-electron chi connectivity index (χ3n) is 3.74. The van der Waals surface area contributed by atoms with Gasteiger partial charge in [0.05, 0.1) is 11.4 Å². The summed E-state index contributed by atoms with van der Waals surface area (Å²) in [7, 11) is 0. The van der Waals surface area contributed by atoms with Gasteiger partial charge in [0.1, 0.15) is 0 Å². The molecule has 0 unspecified atom stereocenters. The molecule has 0 aromatic heterocycles. The molecule has 23 heavy (non-hydrogen) atoms. The summed E-state index contributed by atoms with van der Waals surface area (Å²) < 4.78 is 0.881. The molecule has 1 aliphatic rings. The van der Waals surface area contributed by atoms with Crippen molar-refractivity contribution in [2.45, 2.75) is 6.42 Å². The zero-order chi connectivity index (χ0) is 16.2. The molecule has 116 valence electrons. The lowest BCUT2D eigenvalue weighted by atomic mass is 9.99. The van der Waals surface area contributed by atoms with Crippen LogP contribution in [0.25, 0.3) is 6.08 Å². The van der Waals surface area contributed by atoms with Gasteiger partial charge in [0.15, 0.2) is 0 Å². The summed E-state index contributed by atoms with van der Waals surface area (Å²) in [6.45, 7) is 0.492. The van der Waals surface area contributed by atoms with E-state index in [1.807, 2.05) is 48.5 Å². The van der Waals surface area contributed by atoms with E-state index in [0.29, 0.717) is 18.7 Å². The van der Waals surface area contributed by atoms with Crippen LogP contribution < -0.4 is 4.90 Å². The van der Waals surface area contributed by atoms with Crippen LogP contribution in [-0.2, 0) is 4.79 Å². The molecule has 0 aliphatic carbocycles. The molecule has 1 amide bonds. The molecule has 2 aromatic carbocycles. The summed E-state index contributed by atoms with van der Waals surface area (Å²) in [5, 5.41) is 12.5. The number of benzene rings is 2. The number of carbonyl (C=O) groups excluding carboxylic acids is 1. The first kappa shape index (κ1) is 15.5. The second kappa shape index (κ2) is 6.79. The molecule has 0 bridgehead atoms. The van der Waals surface area contributed by atoms with E-state index in [4.69, 9.17) is 5.21 Å². The van der Waals surface area contributed by atoms with Gasteiger partial charge in [0.25, 0.3) is 5.91 Å². The van der Waals surface area contributed by atoms with Crippen LogP contribution in [0.4, 0.5) is 5.69 Å². The topological polar surface area (TPSA) is 52.9 Å². The standard InChI is InChI=1S/C18H15BrN2O2/c19-14-7-8-17-15(12-14)16(20-23)10-11-21(17)18(22)9-6-13-4-2-1-3-5-13/h1-9,12,23H,10-11H2/b9-6+,20-16-. The first-order chi connectivity index (χ1) is 11.2. The van der Waals surface area contributed by atoms with Gasteiger partial charge in [0.2, 0.25) is 0 Å². The average Bonchev–Trinajstić information content (AvgIpc) is 2.59. The number of rotatable bonds is 2. The number of halogens is 1. The van der Waals surface area contributed by atoms with E-state index in [9.17, 15) is 4.79 Å². The quantitative estimate of drug-likeness (QED) is 0.491. The number of hydrogen-bond donors (Lipinski definition) is 1. The highest BCUT2D eigenvalue weighted by Crippen LogP contribution is 2.30. The van der Waals surface area contributed by atoms with Crippen LogP contribution in [0.2, 0.25) is 0 Å². The van der Waals surface area contributed by atoms with E-state index in [1.165, 1.54) is 0 Å². The highest BCUT2D eigenvalue weighted by molar-refractivity contribution is 9.10. The Bertz CT molecular complexity index is 785. The van der Waals surface area contributed by atoms with Gasteiger partial charge in [-0.15, -0.1) is 0 Å². The molecule has 1 heterocycles. The summed E-state index contributed by atoms with van der Waals surface area (Å²) in [6, 6.07) is 15.3. The van der Waals surface area contributed by atoms with Gasteiger partial charge in [-0.2, -0.15) is 0 Å². The number of fused-ring (bicyclic) bond motifs is 1. The van der Waals surface area contributed by atoms with Gasteiger partial charge in [-0.05, 0) is 29.8 Å². The lowest BCUT2D eigenvalue weighted by molar-refractivity contribution is -0.114. The Morgan fingerprint density at radius 2 is 2.00 bits per heavy atom. The van der Waals surface area contributed by atoms with Crippen molar-refractivity contribution < 1.29 is 10.0 Å². The Balaban J connectivity index is 1.89. The van der Waals surface area contributed by atoms with Crippen LogP contribution >= 0.6 is 15.9 Å². The molecule has 0 fully saturated rings. The molecular formula is C18H15BrN2O2. The van der Waals surface area contributed by atoms with Crippen molar-refractivity contribution in [3.05, 3.63) is 70.2 Å². The van der Waals surface area contributed by atoms with E-state index in [2.05, 4.69) is 21.1 Å². The van der Waals surface area contributed by atoms with Crippen LogP contribution in [0.3, 0.4) is 0 Å². The number of oxime groups is 1. The molecule has 4 nitrogen and oxygen atoms in total. The van der Waals surface area contributed by atoms with Gasteiger partial charge in [-0.25, -0.2) is 0 Å². The number of carbonyl (C=O) groups is 1. The maximum Gasteiger partial charge on any atom is 0.251 e. The fourth-order valence-electron chi connectivity index (χ4n) is 2.60. The number of nitrogens with zero attached hydrogens (tertiary/aromatic N) is 2. The second-order valence-corrected chi connectivity index (χ2v) is 6.11. The first-order valence-electron chi connectivity index (χ1n) is 7.24. The Morgan fingerprint density at radius 3 is 2.74 bits per heavy atom. The first-order valence-corrected chi connectivity index (χ1v) is 8.04. The molecule has 2 aromatic rings. The van der Waals surface area contributed by atoms with Crippen molar-refractivity contribution in [1.29, 1.82) is 0 Å². The fourth-order valence-corrected chi connectivity index (χ4v) is 2.96. The number of hydrogen-bond acceptors (Lipinski definition) is 3. The van der Waals surface area contributed by atoms with E-state index in [1.54, 1.807) is 17.1 Å². The smallest absolute Gasteiger partial charge is 0.251 e. The fraction of sp³-hybridized carbons (Fsp3) is 0.111. The Kier molecular flexibility index (Phi) is 4.57. The lowest BCUT2D eigenvalue weighted by Crippen LogP contribution is -2.36. The highest BCUT2D eigenvalue weighted by Gasteiger charge is 2.25. The summed E-state index contributed by atoms with van der Waals surface area (Å²) in [5.74, 6) is -0.0885. The Labute approximate surface area is 142 Å². The molecule has 1 aliphatic heterocycles. The minimum atomic E-state index is -0.0885. The van der Waals surface area contributed by atoms with Crippen LogP contribution in [0.5, 0.6) is 0 Å². The van der Waals surface area contributed by atoms with Crippen molar-refractivity contribution in [3.63, 3.8) is 0 Å². The van der Waals surface area contributed by atoms with Crippen molar-refractivity contribution >= 4 is 39.3 Å². The zero-order valence-corrected chi connectivity index (χ0v) is 13.9. The van der Waals surface area contributed by atoms with E-state index >= 15 is 0 Å². The zero-order valence-electron chi connectivity index (χ0n) is 12.3. The third kappa shape index (κ3) is 3.35. The van der Waals surface area contributed by atoms with Crippen LogP contribution in [0.1, 0.15) is 17.5 Å². The molecule has 0 radical (unpaired) electrons. The SMILES string of the molecule is O=C(/C=C/c1ccccc1)N1CC/C(=N/O)c2cc(Br)ccc21. The third-order valence-corrected chi connectivity index (χ3v) is 4.23. The van der Waals surface area contributed by atoms with Crippen molar-refractivity contribution in [1.82, 2.24) is 0 Å². The van der Waals surface area contributed by atoms with Gasteiger partial charge in [0, 0.05) is 29.1 Å². The Morgan fingerprint density at radius 1 is 1.22 bits per heavy atom. The van der Waals surface area contributed by atoms with Gasteiger partial charge in [-0.3, -0.25) is 4.79 Å². The molecule has 3 rings (SSSR count). The molecule has 0 spiro atoms. The van der Waals surface area contributed by atoms with E-state index in [-0.39, 0.29) is 5.91 Å². The predicted molar refractivity (Wildman–Crippen MR) is 94.9 cm³/mol. The highest BCUT2D eigenvalue weighted by atomic mass is 79.9. The summed E-state index contributed by atoms with van der Waals surface area (Å²) >= 11 is 3.41. The monoisotopic (exact) mass is 370 g/mol. The maximum atomic E-state index is 12.5. The summed E-state index contributed by atoms with van der Waals surface area (Å²) in [4.78, 5) is 14.2. The van der Waals surface area contributed by atoms with Crippen LogP contribution in [0, 0.1) is 0 Å². The van der Waals surface area contributed by atoms with Crippen LogP contribution in [-0.4, -0.2) is 23.4 Å². The largest absolute Gasteiger partial charge is 0.411 e. The lowest BCUT2D eigenvalue weighted by Gasteiger charge is -2.29. The van der Waals surface area contributed by atoms with E-state index < -0.39 is 0 Å². The van der Waals surface area contributed by atoms with Gasteiger partial charge < -0.3 is 10.1 Å². The van der Waals surface area contributed by atoms with Crippen molar-refractivity contribution in [3.8, 4) is 0 Å². The average molecular weight is 371 g/mol. The molecule has 1 N–H and O–H groups in total. The van der Waals surface area contributed by atoms with Crippen LogP contribution in [0.15, 0.2) is 64.2 Å². The number of amides is 1. The number of anilines is 1. The summed E-state index contributed by atoms with van der Waals surface area (Å²) in [6.07, 6.45) is 3.89. The van der Waals surface area contributed by atoms with Crippen molar-refractivity contribution in [2.75, 3.05) is 11.4 Å². The summed E-state index contributed by atoms with van der Waals surface area (Å²) in [5.41, 5.74) is 3.11. The van der Waals surface area contributed by atoms with E-state index in [0.717, 1.165) is 21.3 Å². The predicted octanol–water partition coefficient (Wildman–Crippen LogP) is 4.08. The minimum Gasteiger partial charge on any atom is -0.411 e. The normalized spacial score (nSPS) is 15.9. The molecule has 5 heteroatoms. The second-order valence-electron chi connectivity index (χ2n) is 5.19. The Hall–Kier alpha value is -2.40. The minimum absolute atomic E-state index is 0.0885. The molecule has 0 atom stereocenters. The van der Waals surface area contributed by atoms with Gasteiger partial charge >= 0.3 is 0 Å². The molecule has 0 saturated carbocycles. The van der Waals surface area contributed by atoms with Gasteiger partial charge in [-0.1, -0.05) is 51.4 Å². The maximum absolute atomic E-state index is 12.5.